The molecule has 62 valence electrons. The average Bonchev–Trinajstić information content (AvgIpc) is 1.60. The second-order valence-electron chi connectivity index (χ2n) is 1.22. The second-order valence-corrected chi connectivity index (χ2v) is 6.97. The first-order valence-corrected chi connectivity index (χ1v) is 7.14. The Morgan fingerprint density at radius 1 is 1.20 bits per heavy atom. The number of hydrogen-bond donors (Lipinski definition) is 3. The average molecular weight is 224 g/mol. The van der Waals surface area contributed by atoms with Gasteiger partial charge >= 0.3 is 13.4 Å². The fourth-order valence-corrected chi connectivity index (χ4v) is 3.54. The predicted molar refractivity (Wildman–Crippen MR) is 43.3 cm³/mol. The number of rotatable bonds is 3. The summed E-state index contributed by atoms with van der Waals surface area (Å²) >= 11 is 8.28. The smallest absolute Gasteiger partial charge is 0.324 e. The normalized spacial score (nSPS) is 18.4. The van der Waals surface area contributed by atoms with Crippen molar-refractivity contribution < 1.29 is 23.5 Å². The lowest BCUT2D eigenvalue weighted by molar-refractivity contribution is 0.285. The Kier molecular flexibility index (Phi) is 4.07. The van der Waals surface area contributed by atoms with Gasteiger partial charge < -0.3 is 19.2 Å². The van der Waals surface area contributed by atoms with Crippen molar-refractivity contribution in [2.75, 3.05) is 7.11 Å². The lowest BCUT2D eigenvalue weighted by Gasteiger charge is -2.14. The van der Waals surface area contributed by atoms with Gasteiger partial charge in [0, 0.05) is 7.11 Å². The van der Waals surface area contributed by atoms with Crippen LogP contribution in [0, 0.1) is 0 Å². The van der Waals surface area contributed by atoms with Crippen molar-refractivity contribution in [3.05, 3.63) is 0 Å². The van der Waals surface area contributed by atoms with Gasteiger partial charge in [-0.3, -0.25) is 0 Å². The van der Waals surface area contributed by atoms with Crippen LogP contribution in [0.1, 0.15) is 0 Å². The van der Waals surface area contributed by atoms with E-state index in [0.717, 1.165) is 7.11 Å². The lowest BCUT2D eigenvalue weighted by Crippen LogP contribution is -1.88. The van der Waals surface area contributed by atoms with E-state index >= 15 is 0 Å². The molecule has 3 N–H and O–H groups in total. The maximum atomic E-state index is 8.78. The summed E-state index contributed by atoms with van der Waals surface area (Å²) in [5, 5.41) is 0. The van der Waals surface area contributed by atoms with Crippen LogP contribution >= 0.6 is 13.4 Å². The molecule has 0 heterocycles. The van der Waals surface area contributed by atoms with Crippen molar-refractivity contribution in [2.45, 2.75) is 0 Å². The van der Waals surface area contributed by atoms with E-state index in [1.807, 2.05) is 0 Å². The van der Waals surface area contributed by atoms with E-state index in [1.54, 1.807) is 0 Å². The van der Waals surface area contributed by atoms with Crippen molar-refractivity contribution in [2.24, 2.45) is 0 Å². The molecule has 0 aliphatic carbocycles. The highest BCUT2D eigenvalue weighted by Gasteiger charge is 2.22. The molecule has 0 saturated carbocycles. The van der Waals surface area contributed by atoms with Crippen molar-refractivity contribution in [1.82, 2.24) is 0 Å². The van der Waals surface area contributed by atoms with Crippen LogP contribution in [0.3, 0.4) is 0 Å². The lowest BCUT2D eigenvalue weighted by atomic mass is 11.8. The summed E-state index contributed by atoms with van der Waals surface area (Å²) in [5.74, 6) is 0. The minimum Gasteiger partial charge on any atom is -0.324 e. The molecule has 9 heteroatoms. The third-order valence-electron chi connectivity index (χ3n) is 0.440. The highest BCUT2D eigenvalue weighted by atomic mass is 32.5. The van der Waals surface area contributed by atoms with E-state index < -0.39 is 13.4 Å². The van der Waals surface area contributed by atoms with Crippen LogP contribution in [-0.2, 0) is 32.4 Å². The minimum atomic E-state index is -3.90. The molecule has 0 aromatic heterocycles. The molecule has 0 spiro atoms. The molecule has 0 bridgehead atoms. The first-order valence-electron chi connectivity index (χ1n) is 1.92. The first-order chi connectivity index (χ1) is 4.27. The van der Waals surface area contributed by atoms with Gasteiger partial charge in [0.1, 0.15) is 0 Å². The van der Waals surface area contributed by atoms with Crippen molar-refractivity contribution in [3.8, 4) is 0 Å². The molecule has 0 aromatic rings. The highest BCUT2D eigenvalue weighted by molar-refractivity contribution is 8.14. The predicted octanol–water partition coefficient (Wildman–Crippen LogP) is 0.0753. The van der Waals surface area contributed by atoms with Crippen LogP contribution in [0.15, 0.2) is 0 Å². The molecule has 5 nitrogen and oxygen atoms in total. The molecule has 0 fully saturated rings. The van der Waals surface area contributed by atoms with E-state index in [2.05, 4.69) is 32.4 Å². The van der Waals surface area contributed by atoms with E-state index in [-0.39, 0.29) is 0 Å². The summed E-state index contributed by atoms with van der Waals surface area (Å²) < 4.78 is 8.28. The minimum absolute atomic E-state index is 1.09. The van der Waals surface area contributed by atoms with Crippen molar-refractivity contribution in [3.63, 3.8) is 0 Å². The van der Waals surface area contributed by atoms with Crippen LogP contribution in [-0.4, -0.2) is 21.8 Å². The summed E-state index contributed by atoms with van der Waals surface area (Å²) in [6, 6.07) is 0. The van der Waals surface area contributed by atoms with Gasteiger partial charge in [-0.05, 0) is 23.6 Å². The van der Waals surface area contributed by atoms with Gasteiger partial charge in [-0.2, -0.15) is 0 Å². The monoisotopic (exact) mass is 224 g/mol. The SMILES string of the molecule is COP(O)(=S)OP(O)(O)=S. The molecule has 10 heavy (non-hydrogen) atoms. The molecule has 0 aliphatic heterocycles. The quantitative estimate of drug-likeness (QED) is 0.585. The standard InChI is InChI=1S/CH6O5P2S2/c1-5-8(4,10)6-7(2,3)9/h1H3,(H,4,10)(H2,2,3,9). The Labute approximate surface area is 68.1 Å². The Balaban J connectivity index is 4.17. The van der Waals surface area contributed by atoms with Crippen LogP contribution < -0.4 is 0 Å². The van der Waals surface area contributed by atoms with Crippen molar-refractivity contribution >= 4 is 37.1 Å². The summed E-state index contributed by atoms with van der Waals surface area (Å²) in [5.41, 5.74) is 0. The van der Waals surface area contributed by atoms with Gasteiger partial charge in [0.2, 0.25) is 0 Å². The number of hydrogen-bond acceptors (Lipinski definition) is 4. The fraction of sp³-hybridized carbons (Fsp3) is 1.00. The zero-order chi connectivity index (χ0) is 8.41. The summed E-state index contributed by atoms with van der Waals surface area (Å²) in [7, 11) is 1.09. The highest BCUT2D eigenvalue weighted by Crippen LogP contribution is 2.57. The van der Waals surface area contributed by atoms with Gasteiger partial charge in [0.05, 0.1) is 0 Å². The van der Waals surface area contributed by atoms with Gasteiger partial charge in [-0.25, -0.2) is 4.31 Å². The molecule has 0 saturated heterocycles. The van der Waals surface area contributed by atoms with Gasteiger partial charge in [-0.15, -0.1) is 0 Å². The zero-order valence-electron chi connectivity index (χ0n) is 4.87. The second kappa shape index (κ2) is 3.67. The Morgan fingerprint density at radius 3 is 1.70 bits per heavy atom. The molecule has 0 amide bonds. The third kappa shape index (κ3) is 5.85. The summed E-state index contributed by atoms with van der Waals surface area (Å²) in [6.07, 6.45) is 0. The van der Waals surface area contributed by atoms with Crippen molar-refractivity contribution in [1.29, 1.82) is 0 Å². The van der Waals surface area contributed by atoms with E-state index in [1.165, 1.54) is 0 Å². The van der Waals surface area contributed by atoms with Crippen LogP contribution in [0.4, 0.5) is 0 Å². The molecular weight excluding hydrogens is 218 g/mol. The molecule has 0 aromatic carbocycles. The Morgan fingerprint density at radius 2 is 1.60 bits per heavy atom. The Bertz CT molecular complexity index is 196. The molecule has 1 atom stereocenters. The van der Waals surface area contributed by atoms with Gasteiger partial charge in [-0.1, -0.05) is 0 Å². The summed E-state index contributed by atoms with van der Waals surface area (Å²) in [6.45, 7) is -7.42. The van der Waals surface area contributed by atoms with E-state index in [4.69, 9.17) is 14.7 Å². The first kappa shape index (κ1) is 11.1. The van der Waals surface area contributed by atoms with E-state index in [0.29, 0.717) is 0 Å². The maximum Gasteiger partial charge on any atom is 0.331 e. The van der Waals surface area contributed by atoms with Crippen LogP contribution in [0.2, 0.25) is 0 Å². The Hall–Kier alpha value is 1.10. The largest absolute Gasteiger partial charge is 0.331 e. The maximum absolute atomic E-state index is 8.78. The third-order valence-corrected chi connectivity index (χ3v) is 4.23. The molecule has 0 radical (unpaired) electrons. The molecular formula is CH6O5P2S2. The zero-order valence-corrected chi connectivity index (χ0v) is 8.29. The summed E-state index contributed by atoms with van der Waals surface area (Å²) in [4.78, 5) is 25.7. The molecule has 0 rings (SSSR count). The molecule has 1 unspecified atom stereocenters. The van der Waals surface area contributed by atoms with Gasteiger partial charge in [0.25, 0.3) is 0 Å². The van der Waals surface area contributed by atoms with Gasteiger partial charge in [0.15, 0.2) is 0 Å². The topological polar surface area (TPSA) is 79.2 Å². The van der Waals surface area contributed by atoms with Crippen LogP contribution in [0.5, 0.6) is 0 Å². The van der Waals surface area contributed by atoms with Crippen LogP contribution in [0.25, 0.3) is 0 Å². The fourth-order valence-electron chi connectivity index (χ4n) is 0.168. The molecule has 0 aliphatic rings. The van der Waals surface area contributed by atoms with E-state index in [9.17, 15) is 0 Å².